The second kappa shape index (κ2) is 3.87. The molecule has 0 aliphatic carbocycles. The van der Waals surface area contributed by atoms with E-state index in [9.17, 15) is 9.59 Å². The van der Waals surface area contributed by atoms with Gasteiger partial charge in [-0.2, -0.15) is 0 Å². The number of esters is 1. The lowest BCUT2D eigenvalue weighted by atomic mass is 10.0. The number of rotatable bonds is 2. The van der Waals surface area contributed by atoms with E-state index in [0.29, 0.717) is 17.7 Å². The van der Waals surface area contributed by atoms with Crippen molar-refractivity contribution in [2.24, 2.45) is 0 Å². The summed E-state index contributed by atoms with van der Waals surface area (Å²) in [6.07, 6.45) is 0.309. The van der Waals surface area contributed by atoms with Crippen LogP contribution >= 0.6 is 0 Å². The lowest BCUT2D eigenvalue weighted by Gasteiger charge is -2.31. The average molecular weight is 234 g/mol. The van der Waals surface area contributed by atoms with Gasteiger partial charge in [-0.25, -0.2) is 4.79 Å². The van der Waals surface area contributed by atoms with Crippen LogP contribution in [-0.4, -0.2) is 17.5 Å². The lowest BCUT2D eigenvalue weighted by Crippen LogP contribution is -2.38. The Hall–Kier alpha value is -1.84. The molecular formula is C13H14O4. The third kappa shape index (κ3) is 2.46. The van der Waals surface area contributed by atoms with E-state index < -0.39 is 11.8 Å². The zero-order valence-corrected chi connectivity index (χ0v) is 10.1. The van der Waals surface area contributed by atoms with Gasteiger partial charge in [-0.3, -0.25) is 4.79 Å². The fourth-order valence-corrected chi connectivity index (χ4v) is 1.79. The number of carbonyl (C=O) groups is 2. The van der Waals surface area contributed by atoms with Gasteiger partial charge >= 0.3 is 5.97 Å². The van der Waals surface area contributed by atoms with Gasteiger partial charge in [0.05, 0.1) is 0 Å². The predicted octanol–water partition coefficient (Wildman–Crippen LogP) is 2.10. The molecule has 2 rings (SSSR count). The van der Waals surface area contributed by atoms with Gasteiger partial charge in [-0.1, -0.05) is 6.07 Å². The number of carbonyl (C=O) groups excluding carboxylic acids is 2. The number of hydrogen-bond acceptors (Lipinski definition) is 4. The van der Waals surface area contributed by atoms with Crippen LogP contribution in [0.1, 0.15) is 36.7 Å². The summed E-state index contributed by atoms with van der Waals surface area (Å²) in [6.45, 7) is 4.87. The first-order valence-electron chi connectivity index (χ1n) is 5.42. The molecule has 0 radical (unpaired) electrons. The molecule has 17 heavy (non-hydrogen) atoms. The van der Waals surface area contributed by atoms with Crippen LogP contribution in [0, 0.1) is 0 Å². The lowest BCUT2D eigenvalue weighted by molar-refractivity contribution is -0.127. The Labute approximate surface area is 99.5 Å². The molecule has 0 bridgehead atoms. The summed E-state index contributed by atoms with van der Waals surface area (Å²) < 4.78 is 10.6. The monoisotopic (exact) mass is 234 g/mol. The Morgan fingerprint density at radius 1 is 1.29 bits per heavy atom. The van der Waals surface area contributed by atoms with E-state index in [2.05, 4.69) is 0 Å². The quantitative estimate of drug-likeness (QED) is 0.735. The predicted molar refractivity (Wildman–Crippen MR) is 60.9 cm³/mol. The first-order chi connectivity index (χ1) is 7.87. The summed E-state index contributed by atoms with van der Waals surface area (Å²) in [7, 11) is 0. The van der Waals surface area contributed by atoms with Gasteiger partial charge in [0.15, 0.2) is 0 Å². The molecule has 0 unspecified atom stereocenters. The number of Topliss-reactive ketones (excluding diaryl/α,β-unsaturated/α-hetero) is 1. The van der Waals surface area contributed by atoms with Crippen molar-refractivity contribution in [3.8, 4) is 5.75 Å². The Balaban J connectivity index is 2.37. The Morgan fingerprint density at radius 2 is 2.00 bits per heavy atom. The highest BCUT2D eigenvalue weighted by atomic mass is 16.7. The first kappa shape index (κ1) is 11.6. The molecule has 0 amide bonds. The second-order valence-electron chi connectivity index (χ2n) is 4.60. The van der Waals surface area contributed by atoms with Crippen LogP contribution in [0.2, 0.25) is 0 Å². The Morgan fingerprint density at radius 3 is 2.65 bits per heavy atom. The summed E-state index contributed by atoms with van der Waals surface area (Å²) in [4.78, 5) is 22.8. The van der Waals surface area contributed by atoms with Crippen molar-refractivity contribution in [2.75, 3.05) is 0 Å². The average Bonchev–Trinajstić information content (AvgIpc) is 2.16. The first-order valence-corrected chi connectivity index (χ1v) is 5.42. The molecule has 1 aromatic carbocycles. The number of cyclic esters (lactones) is 1. The highest BCUT2D eigenvalue weighted by molar-refractivity contribution is 5.94. The maximum absolute atomic E-state index is 11.8. The molecule has 1 aliphatic rings. The molecule has 4 nitrogen and oxygen atoms in total. The van der Waals surface area contributed by atoms with Gasteiger partial charge < -0.3 is 9.47 Å². The summed E-state index contributed by atoms with van der Waals surface area (Å²) in [5.41, 5.74) is 1.17. The van der Waals surface area contributed by atoms with Crippen molar-refractivity contribution >= 4 is 11.8 Å². The molecule has 0 N–H and O–H groups in total. The van der Waals surface area contributed by atoms with E-state index in [-0.39, 0.29) is 5.78 Å². The highest BCUT2D eigenvalue weighted by Gasteiger charge is 2.33. The second-order valence-corrected chi connectivity index (χ2v) is 4.60. The molecule has 4 heteroatoms. The van der Waals surface area contributed by atoms with E-state index in [1.54, 1.807) is 32.0 Å². The van der Waals surface area contributed by atoms with Gasteiger partial charge in [-0.05, 0) is 24.6 Å². The van der Waals surface area contributed by atoms with Gasteiger partial charge in [0.1, 0.15) is 17.1 Å². The van der Waals surface area contributed by atoms with Crippen LogP contribution in [-0.2, 0) is 16.0 Å². The standard InChI is InChI=1S/C13H14O4/c1-8(14)6-9-4-5-11-10(7-9)12(15)17-13(2,3)16-11/h4-5,7H,6H2,1-3H3. The minimum absolute atomic E-state index is 0.0513. The topological polar surface area (TPSA) is 52.6 Å². The SMILES string of the molecule is CC(=O)Cc1ccc2c(c1)C(=O)OC(C)(C)O2. The molecule has 1 heterocycles. The third-order valence-electron chi connectivity index (χ3n) is 2.41. The summed E-state index contributed by atoms with van der Waals surface area (Å²) in [5, 5.41) is 0. The van der Waals surface area contributed by atoms with Crippen LogP contribution in [0.25, 0.3) is 0 Å². The number of ether oxygens (including phenoxy) is 2. The molecule has 0 saturated heterocycles. The fraction of sp³-hybridized carbons (Fsp3) is 0.385. The van der Waals surface area contributed by atoms with Crippen molar-refractivity contribution in [2.45, 2.75) is 33.0 Å². The van der Waals surface area contributed by atoms with Crippen molar-refractivity contribution in [1.82, 2.24) is 0 Å². The minimum atomic E-state index is -0.938. The van der Waals surface area contributed by atoms with E-state index >= 15 is 0 Å². The molecule has 0 aromatic heterocycles. The molecular weight excluding hydrogens is 220 g/mol. The highest BCUT2D eigenvalue weighted by Crippen LogP contribution is 2.31. The normalized spacial score (nSPS) is 16.8. The van der Waals surface area contributed by atoms with Crippen LogP contribution in [0.4, 0.5) is 0 Å². The molecule has 0 atom stereocenters. The molecule has 1 aromatic rings. The van der Waals surface area contributed by atoms with Crippen molar-refractivity contribution in [1.29, 1.82) is 0 Å². The van der Waals surface area contributed by atoms with Crippen molar-refractivity contribution in [3.63, 3.8) is 0 Å². The number of fused-ring (bicyclic) bond motifs is 1. The third-order valence-corrected chi connectivity index (χ3v) is 2.41. The Bertz CT molecular complexity index is 488. The van der Waals surface area contributed by atoms with Crippen molar-refractivity contribution < 1.29 is 19.1 Å². The minimum Gasteiger partial charge on any atom is -0.452 e. The maximum atomic E-state index is 11.8. The van der Waals surface area contributed by atoms with Crippen LogP contribution in [0.5, 0.6) is 5.75 Å². The molecule has 1 aliphatic heterocycles. The van der Waals surface area contributed by atoms with Gasteiger partial charge in [-0.15, -0.1) is 0 Å². The summed E-state index contributed by atoms with van der Waals surface area (Å²) in [6, 6.07) is 5.14. The summed E-state index contributed by atoms with van der Waals surface area (Å²) in [5.74, 6) is -0.804. The van der Waals surface area contributed by atoms with E-state index in [0.717, 1.165) is 5.56 Å². The van der Waals surface area contributed by atoms with E-state index in [4.69, 9.17) is 9.47 Å². The number of benzene rings is 1. The number of hydrogen-bond donors (Lipinski definition) is 0. The molecule has 0 fully saturated rings. The fourth-order valence-electron chi connectivity index (χ4n) is 1.79. The molecule has 0 saturated carbocycles. The largest absolute Gasteiger partial charge is 0.452 e. The van der Waals surface area contributed by atoms with Gasteiger partial charge in [0.2, 0.25) is 5.79 Å². The van der Waals surface area contributed by atoms with Crippen LogP contribution < -0.4 is 4.74 Å². The smallest absolute Gasteiger partial charge is 0.345 e. The van der Waals surface area contributed by atoms with Crippen molar-refractivity contribution in [3.05, 3.63) is 29.3 Å². The van der Waals surface area contributed by atoms with E-state index in [1.807, 2.05) is 0 Å². The summed E-state index contributed by atoms with van der Waals surface area (Å²) >= 11 is 0. The van der Waals surface area contributed by atoms with Gasteiger partial charge in [0.25, 0.3) is 0 Å². The van der Waals surface area contributed by atoms with Gasteiger partial charge in [0, 0.05) is 20.3 Å². The van der Waals surface area contributed by atoms with Crippen LogP contribution in [0.15, 0.2) is 18.2 Å². The molecule has 0 spiro atoms. The maximum Gasteiger partial charge on any atom is 0.345 e. The molecule has 90 valence electrons. The number of ketones is 1. The zero-order chi connectivity index (χ0) is 12.6. The zero-order valence-electron chi connectivity index (χ0n) is 10.1. The van der Waals surface area contributed by atoms with Crippen LogP contribution in [0.3, 0.4) is 0 Å². The van der Waals surface area contributed by atoms with E-state index in [1.165, 1.54) is 6.92 Å². The Kier molecular flexibility index (Phi) is 2.65.